The maximum Gasteiger partial charge on any atom is 0.223 e. The third kappa shape index (κ3) is 3.12. The Kier molecular flexibility index (Phi) is 4.52. The van der Waals surface area contributed by atoms with Gasteiger partial charge in [0.2, 0.25) is 5.91 Å². The second-order valence-corrected chi connectivity index (χ2v) is 5.27. The average molecular weight is 266 g/mol. The van der Waals surface area contributed by atoms with E-state index in [0.29, 0.717) is 12.5 Å². The van der Waals surface area contributed by atoms with Gasteiger partial charge in [-0.3, -0.25) is 4.79 Å². The van der Waals surface area contributed by atoms with Gasteiger partial charge in [-0.05, 0) is 26.2 Å². The molecule has 1 unspecified atom stereocenters. The Morgan fingerprint density at radius 1 is 1.58 bits per heavy atom. The Labute approximate surface area is 113 Å². The molecular weight excluding hydrogens is 244 g/mol. The lowest BCUT2D eigenvalue weighted by Gasteiger charge is -2.28. The molecule has 6 heteroatoms. The number of carbonyl (C=O) groups is 1. The van der Waals surface area contributed by atoms with Gasteiger partial charge in [0.15, 0.2) is 0 Å². The molecule has 1 aromatic heterocycles. The number of aromatic nitrogens is 3. The summed E-state index contributed by atoms with van der Waals surface area (Å²) in [4.78, 5) is 11.1. The highest BCUT2D eigenvalue weighted by Gasteiger charge is 2.29. The standard InChI is InChI=1S/C13H22N4O2/c1-9(6-7-19-2)17-13(10-4-3-5-10)11(15-16-17)8-12(14)18/h9-10H,3-8H2,1-2H3,(H2,14,18). The number of primary amides is 1. The first-order valence-corrected chi connectivity index (χ1v) is 6.84. The summed E-state index contributed by atoms with van der Waals surface area (Å²) >= 11 is 0. The van der Waals surface area contributed by atoms with Crippen LogP contribution >= 0.6 is 0 Å². The molecule has 0 aromatic carbocycles. The van der Waals surface area contributed by atoms with Gasteiger partial charge in [0.25, 0.3) is 0 Å². The van der Waals surface area contributed by atoms with E-state index in [1.165, 1.54) is 6.42 Å². The first-order valence-electron chi connectivity index (χ1n) is 6.84. The highest BCUT2D eigenvalue weighted by atomic mass is 16.5. The maximum atomic E-state index is 11.1. The molecule has 1 aliphatic carbocycles. The molecule has 1 fully saturated rings. The fourth-order valence-corrected chi connectivity index (χ4v) is 2.47. The third-order valence-corrected chi connectivity index (χ3v) is 3.80. The molecule has 1 atom stereocenters. The summed E-state index contributed by atoms with van der Waals surface area (Å²) in [5, 5.41) is 8.39. The van der Waals surface area contributed by atoms with E-state index < -0.39 is 0 Å². The molecule has 1 aromatic rings. The number of hydrogen-bond donors (Lipinski definition) is 1. The Morgan fingerprint density at radius 2 is 2.32 bits per heavy atom. The minimum Gasteiger partial charge on any atom is -0.385 e. The van der Waals surface area contributed by atoms with E-state index in [1.54, 1.807) is 7.11 Å². The second kappa shape index (κ2) is 6.14. The lowest BCUT2D eigenvalue weighted by atomic mass is 9.81. The van der Waals surface area contributed by atoms with Crippen LogP contribution in [-0.4, -0.2) is 34.6 Å². The molecule has 1 aliphatic rings. The lowest BCUT2D eigenvalue weighted by Crippen LogP contribution is -2.22. The minimum absolute atomic E-state index is 0.183. The Bertz CT molecular complexity index is 440. The molecule has 19 heavy (non-hydrogen) atoms. The Morgan fingerprint density at radius 3 is 2.84 bits per heavy atom. The third-order valence-electron chi connectivity index (χ3n) is 3.80. The summed E-state index contributed by atoms with van der Waals surface area (Å²) in [6.07, 6.45) is 4.60. The predicted octanol–water partition coefficient (Wildman–Crippen LogP) is 1.17. The number of ether oxygens (including phenoxy) is 1. The first-order chi connectivity index (χ1) is 9.13. The number of nitrogens with zero attached hydrogens (tertiary/aromatic N) is 3. The molecule has 106 valence electrons. The smallest absolute Gasteiger partial charge is 0.223 e. The molecule has 0 saturated heterocycles. The summed E-state index contributed by atoms with van der Waals surface area (Å²) in [5.41, 5.74) is 7.14. The van der Waals surface area contributed by atoms with E-state index >= 15 is 0 Å². The van der Waals surface area contributed by atoms with E-state index in [1.807, 2.05) is 4.68 Å². The SMILES string of the molecule is COCCC(C)n1nnc(CC(N)=O)c1C1CCC1. The van der Waals surface area contributed by atoms with Gasteiger partial charge in [-0.2, -0.15) is 0 Å². The van der Waals surface area contributed by atoms with E-state index in [9.17, 15) is 4.79 Å². The number of carbonyl (C=O) groups excluding carboxylic acids is 1. The zero-order valence-corrected chi connectivity index (χ0v) is 11.6. The van der Waals surface area contributed by atoms with Crippen molar-refractivity contribution in [3.05, 3.63) is 11.4 Å². The van der Waals surface area contributed by atoms with Crippen LogP contribution in [-0.2, 0) is 16.0 Å². The van der Waals surface area contributed by atoms with Crippen molar-refractivity contribution in [2.45, 2.75) is 51.0 Å². The zero-order valence-electron chi connectivity index (χ0n) is 11.6. The van der Waals surface area contributed by atoms with Crippen molar-refractivity contribution < 1.29 is 9.53 Å². The number of nitrogens with two attached hydrogens (primary N) is 1. The summed E-state index contributed by atoms with van der Waals surface area (Å²) in [5.74, 6) is 0.131. The van der Waals surface area contributed by atoms with E-state index in [2.05, 4.69) is 17.2 Å². The quantitative estimate of drug-likeness (QED) is 0.803. The van der Waals surface area contributed by atoms with Crippen LogP contribution in [0.25, 0.3) is 0 Å². The molecule has 0 bridgehead atoms. The summed E-state index contributed by atoms with van der Waals surface area (Å²) in [7, 11) is 1.69. The Hall–Kier alpha value is -1.43. The molecule has 0 spiro atoms. The van der Waals surface area contributed by atoms with Crippen molar-refractivity contribution in [2.24, 2.45) is 5.73 Å². The molecule has 1 saturated carbocycles. The fourth-order valence-electron chi connectivity index (χ4n) is 2.47. The van der Waals surface area contributed by atoms with Crippen molar-refractivity contribution in [3.63, 3.8) is 0 Å². The maximum absolute atomic E-state index is 11.1. The van der Waals surface area contributed by atoms with Crippen LogP contribution in [0.5, 0.6) is 0 Å². The van der Waals surface area contributed by atoms with Crippen molar-refractivity contribution in [1.29, 1.82) is 0 Å². The van der Waals surface area contributed by atoms with E-state index in [4.69, 9.17) is 10.5 Å². The average Bonchev–Trinajstić information content (AvgIpc) is 2.67. The van der Waals surface area contributed by atoms with Gasteiger partial charge in [0, 0.05) is 19.6 Å². The summed E-state index contributed by atoms with van der Waals surface area (Å²) in [6.45, 7) is 2.79. The molecule has 2 N–H and O–H groups in total. The van der Waals surface area contributed by atoms with Crippen LogP contribution < -0.4 is 5.73 Å². The van der Waals surface area contributed by atoms with Crippen LogP contribution in [0, 0.1) is 0 Å². The van der Waals surface area contributed by atoms with Crippen molar-refractivity contribution in [3.8, 4) is 0 Å². The molecule has 1 heterocycles. The zero-order chi connectivity index (χ0) is 13.8. The van der Waals surface area contributed by atoms with Gasteiger partial charge in [-0.1, -0.05) is 11.6 Å². The van der Waals surface area contributed by atoms with Gasteiger partial charge in [-0.15, -0.1) is 5.10 Å². The van der Waals surface area contributed by atoms with Gasteiger partial charge >= 0.3 is 0 Å². The summed E-state index contributed by atoms with van der Waals surface area (Å²) in [6, 6.07) is 0.227. The van der Waals surface area contributed by atoms with Crippen LogP contribution in [0.2, 0.25) is 0 Å². The molecule has 0 radical (unpaired) electrons. The molecular formula is C13H22N4O2. The number of rotatable bonds is 7. The minimum atomic E-state index is -0.350. The lowest BCUT2D eigenvalue weighted by molar-refractivity contribution is -0.117. The van der Waals surface area contributed by atoms with Crippen LogP contribution in [0.1, 0.15) is 56.0 Å². The number of methoxy groups -OCH3 is 1. The highest BCUT2D eigenvalue weighted by molar-refractivity contribution is 5.76. The van der Waals surface area contributed by atoms with Crippen molar-refractivity contribution in [1.82, 2.24) is 15.0 Å². The van der Waals surface area contributed by atoms with Gasteiger partial charge in [-0.25, -0.2) is 4.68 Å². The molecule has 1 amide bonds. The van der Waals surface area contributed by atoms with Crippen LogP contribution in [0.3, 0.4) is 0 Å². The summed E-state index contributed by atoms with van der Waals surface area (Å²) < 4.78 is 7.07. The van der Waals surface area contributed by atoms with Gasteiger partial charge in [0.1, 0.15) is 0 Å². The normalized spacial score (nSPS) is 17.2. The van der Waals surface area contributed by atoms with Gasteiger partial charge < -0.3 is 10.5 Å². The fraction of sp³-hybridized carbons (Fsp3) is 0.769. The van der Waals surface area contributed by atoms with Crippen LogP contribution in [0.4, 0.5) is 0 Å². The first kappa shape index (κ1) is 14.0. The van der Waals surface area contributed by atoms with Crippen molar-refractivity contribution in [2.75, 3.05) is 13.7 Å². The largest absolute Gasteiger partial charge is 0.385 e. The predicted molar refractivity (Wildman–Crippen MR) is 70.7 cm³/mol. The number of amides is 1. The van der Waals surface area contributed by atoms with Crippen LogP contribution in [0.15, 0.2) is 0 Å². The molecule has 6 nitrogen and oxygen atoms in total. The Balaban J connectivity index is 2.21. The molecule has 2 rings (SSSR count). The van der Waals surface area contributed by atoms with E-state index in [0.717, 1.165) is 30.7 Å². The second-order valence-electron chi connectivity index (χ2n) is 5.27. The molecule has 0 aliphatic heterocycles. The van der Waals surface area contributed by atoms with Gasteiger partial charge in [0.05, 0.1) is 23.9 Å². The highest BCUT2D eigenvalue weighted by Crippen LogP contribution is 2.38. The number of hydrogen-bond acceptors (Lipinski definition) is 4. The topological polar surface area (TPSA) is 83.0 Å². The monoisotopic (exact) mass is 266 g/mol. The van der Waals surface area contributed by atoms with Crippen molar-refractivity contribution >= 4 is 5.91 Å². The van der Waals surface area contributed by atoms with E-state index in [-0.39, 0.29) is 18.4 Å².